The fraction of sp³-hybridized carbons (Fsp3) is 1.00. The van der Waals surface area contributed by atoms with Crippen molar-refractivity contribution in [3.8, 4) is 0 Å². The summed E-state index contributed by atoms with van der Waals surface area (Å²) in [6, 6.07) is 0.363. The van der Waals surface area contributed by atoms with Gasteiger partial charge in [0, 0.05) is 20.3 Å². The fourth-order valence-electron chi connectivity index (χ4n) is 1.75. The van der Waals surface area contributed by atoms with E-state index in [-0.39, 0.29) is 11.2 Å². The second-order valence-corrected chi connectivity index (χ2v) is 5.82. The van der Waals surface area contributed by atoms with Crippen LogP contribution in [0.15, 0.2) is 0 Å². The molecule has 0 aliphatic heterocycles. The van der Waals surface area contributed by atoms with E-state index < -0.39 is 0 Å². The highest BCUT2D eigenvalue weighted by atomic mass is 16.5. The maximum Gasteiger partial charge on any atom is 0.0775 e. The van der Waals surface area contributed by atoms with Crippen molar-refractivity contribution in [1.82, 2.24) is 5.32 Å². The van der Waals surface area contributed by atoms with Crippen LogP contribution in [0.4, 0.5) is 0 Å². The molecule has 0 saturated carbocycles. The third-order valence-corrected chi connectivity index (χ3v) is 3.59. The molecule has 3 nitrogen and oxygen atoms in total. The van der Waals surface area contributed by atoms with E-state index in [2.05, 4.69) is 39.9 Å². The molecule has 0 rings (SSSR count). The normalized spacial score (nSPS) is 15.0. The van der Waals surface area contributed by atoms with Crippen LogP contribution in [0.25, 0.3) is 0 Å². The molecule has 0 amide bonds. The van der Waals surface area contributed by atoms with Crippen LogP contribution in [0.5, 0.6) is 0 Å². The van der Waals surface area contributed by atoms with E-state index in [1.807, 2.05) is 0 Å². The number of nitrogens with one attached hydrogen (secondary N) is 1. The quantitative estimate of drug-likeness (QED) is 0.677. The summed E-state index contributed by atoms with van der Waals surface area (Å²) in [5.41, 5.74) is -0.199. The molecule has 0 aromatic heterocycles. The van der Waals surface area contributed by atoms with Crippen molar-refractivity contribution in [2.24, 2.45) is 0 Å². The first-order chi connectivity index (χ1) is 7.79. The molecule has 0 aromatic rings. The molecule has 0 aliphatic carbocycles. The lowest BCUT2D eigenvalue weighted by molar-refractivity contribution is -0.0289. The zero-order valence-electron chi connectivity index (χ0n) is 12.7. The third-order valence-electron chi connectivity index (χ3n) is 3.59. The van der Waals surface area contributed by atoms with Crippen molar-refractivity contribution in [2.75, 3.05) is 20.8 Å². The molecule has 17 heavy (non-hydrogen) atoms. The van der Waals surface area contributed by atoms with E-state index in [0.717, 1.165) is 25.8 Å². The Labute approximate surface area is 107 Å². The van der Waals surface area contributed by atoms with Gasteiger partial charge >= 0.3 is 0 Å². The van der Waals surface area contributed by atoms with Gasteiger partial charge in [0.2, 0.25) is 0 Å². The van der Waals surface area contributed by atoms with Gasteiger partial charge in [-0.25, -0.2) is 0 Å². The largest absolute Gasteiger partial charge is 0.379 e. The lowest BCUT2D eigenvalue weighted by Gasteiger charge is -2.36. The second kappa shape index (κ2) is 7.34. The minimum absolute atomic E-state index is 0.0596. The molecule has 0 heterocycles. The Balaban J connectivity index is 4.39. The van der Waals surface area contributed by atoms with Gasteiger partial charge in [0.15, 0.2) is 0 Å². The lowest BCUT2D eigenvalue weighted by atomic mass is 9.90. The van der Waals surface area contributed by atoms with Crippen LogP contribution in [0.2, 0.25) is 0 Å². The maximum absolute atomic E-state index is 5.59. The van der Waals surface area contributed by atoms with Gasteiger partial charge in [-0.05, 0) is 53.5 Å². The van der Waals surface area contributed by atoms with E-state index in [4.69, 9.17) is 9.47 Å². The predicted octanol–water partition coefficient (Wildman–Crippen LogP) is 2.98. The minimum atomic E-state index is -0.140. The highest BCUT2D eigenvalue weighted by Crippen LogP contribution is 2.23. The summed E-state index contributed by atoms with van der Waals surface area (Å²) in [4.78, 5) is 0. The van der Waals surface area contributed by atoms with Crippen molar-refractivity contribution in [3.63, 3.8) is 0 Å². The van der Waals surface area contributed by atoms with Crippen molar-refractivity contribution < 1.29 is 9.47 Å². The van der Waals surface area contributed by atoms with Crippen LogP contribution in [-0.2, 0) is 9.47 Å². The Morgan fingerprint density at radius 2 is 1.65 bits per heavy atom. The Morgan fingerprint density at radius 1 is 1.06 bits per heavy atom. The first-order valence-corrected chi connectivity index (χ1v) is 6.62. The third kappa shape index (κ3) is 6.39. The van der Waals surface area contributed by atoms with Gasteiger partial charge in [-0.1, -0.05) is 6.92 Å². The zero-order chi connectivity index (χ0) is 13.5. The van der Waals surface area contributed by atoms with Crippen molar-refractivity contribution in [3.05, 3.63) is 0 Å². The highest BCUT2D eigenvalue weighted by molar-refractivity contribution is 4.87. The molecule has 0 spiro atoms. The topological polar surface area (TPSA) is 30.5 Å². The number of methoxy groups -OCH3 is 2. The smallest absolute Gasteiger partial charge is 0.0775 e. The molecule has 0 bridgehead atoms. The summed E-state index contributed by atoms with van der Waals surface area (Å²) in [7, 11) is 3.55. The molecule has 0 aliphatic rings. The van der Waals surface area contributed by atoms with E-state index in [1.165, 1.54) is 0 Å². The van der Waals surface area contributed by atoms with Gasteiger partial charge in [0.1, 0.15) is 0 Å². The predicted molar refractivity (Wildman–Crippen MR) is 73.5 cm³/mol. The van der Waals surface area contributed by atoms with Crippen LogP contribution in [0.3, 0.4) is 0 Å². The Morgan fingerprint density at radius 3 is 2.06 bits per heavy atom. The number of ether oxygens (including phenoxy) is 2. The summed E-state index contributed by atoms with van der Waals surface area (Å²) >= 11 is 0. The van der Waals surface area contributed by atoms with E-state index >= 15 is 0 Å². The molecular formula is C14H31NO2. The molecule has 0 radical (unpaired) electrons. The molecule has 0 saturated heterocycles. The monoisotopic (exact) mass is 245 g/mol. The van der Waals surface area contributed by atoms with Crippen LogP contribution >= 0.6 is 0 Å². The number of hydrogen-bond donors (Lipinski definition) is 1. The van der Waals surface area contributed by atoms with Gasteiger partial charge in [-0.3, -0.25) is 0 Å². The molecule has 1 unspecified atom stereocenters. The summed E-state index contributed by atoms with van der Waals surface area (Å²) in [5, 5.41) is 3.58. The summed E-state index contributed by atoms with van der Waals surface area (Å²) < 4.78 is 11.1. The van der Waals surface area contributed by atoms with Gasteiger partial charge in [0.25, 0.3) is 0 Å². The maximum atomic E-state index is 5.59. The fourth-order valence-corrected chi connectivity index (χ4v) is 1.75. The van der Waals surface area contributed by atoms with E-state index in [1.54, 1.807) is 14.2 Å². The molecule has 3 heteroatoms. The van der Waals surface area contributed by atoms with Crippen molar-refractivity contribution in [1.29, 1.82) is 0 Å². The van der Waals surface area contributed by atoms with Crippen molar-refractivity contribution in [2.45, 2.75) is 71.1 Å². The summed E-state index contributed by atoms with van der Waals surface area (Å²) in [6.07, 6.45) is 3.23. The Hall–Kier alpha value is -0.120. The molecule has 0 fully saturated rings. The van der Waals surface area contributed by atoms with Crippen molar-refractivity contribution >= 4 is 0 Å². The van der Waals surface area contributed by atoms with Gasteiger partial charge in [0.05, 0.1) is 11.2 Å². The average molecular weight is 245 g/mol. The van der Waals surface area contributed by atoms with Crippen LogP contribution in [0, 0.1) is 0 Å². The first-order valence-electron chi connectivity index (χ1n) is 6.62. The molecular weight excluding hydrogens is 214 g/mol. The number of hydrogen-bond acceptors (Lipinski definition) is 3. The summed E-state index contributed by atoms with van der Waals surface area (Å²) in [6.45, 7) is 11.8. The SMILES string of the molecule is CCCNC(CCC(C)(C)OC)C(C)(C)OC. The Kier molecular flexibility index (Phi) is 7.29. The molecule has 104 valence electrons. The van der Waals surface area contributed by atoms with E-state index in [9.17, 15) is 0 Å². The van der Waals surface area contributed by atoms with Crippen LogP contribution < -0.4 is 5.32 Å². The molecule has 0 aromatic carbocycles. The average Bonchev–Trinajstić information content (AvgIpc) is 2.28. The van der Waals surface area contributed by atoms with E-state index in [0.29, 0.717) is 6.04 Å². The number of rotatable bonds is 9. The van der Waals surface area contributed by atoms with Crippen LogP contribution in [0.1, 0.15) is 53.9 Å². The summed E-state index contributed by atoms with van der Waals surface area (Å²) in [5.74, 6) is 0. The van der Waals surface area contributed by atoms with Gasteiger partial charge in [-0.15, -0.1) is 0 Å². The highest BCUT2D eigenvalue weighted by Gasteiger charge is 2.30. The standard InChI is InChI=1S/C14H31NO2/c1-8-11-15-12(14(4,5)17-7)9-10-13(2,3)16-6/h12,15H,8-11H2,1-7H3. The Bertz CT molecular complexity index is 202. The molecule has 1 N–H and O–H groups in total. The minimum Gasteiger partial charge on any atom is -0.379 e. The van der Waals surface area contributed by atoms with Gasteiger partial charge < -0.3 is 14.8 Å². The zero-order valence-corrected chi connectivity index (χ0v) is 12.7. The lowest BCUT2D eigenvalue weighted by Crippen LogP contribution is -2.49. The van der Waals surface area contributed by atoms with Gasteiger partial charge in [-0.2, -0.15) is 0 Å². The van der Waals surface area contributed by atoms with Crippen LogP contribution in [-0.4, -0.2) is 38.0 Å². The second-order valence-electron chi connectivity index (χ2n) is 5.82. The molecule has 1 atom stereocenters. The first kappa shape index (κ1) is 16.9.